The summed E-state index contributed by atoms with van der Waals surface area (Å²) in [5, 5.41) is 0. The van der Waals surface area contributed by atoms with Crippen LogP contribution >= 0.6 is 0 Å². The number of hydrogen-bond acceptors (Lipinski definition) is 4. The molecule has 18 heavy (non-hydrogen) atoms. The lowest BCUT2D eigenvalue weighted by Crippen LogP contribution is -2.05. The summed E-state index contributed by atoms with van der Waals surface area (Å²) in [6.45, 7) is 0. The molecule has 0 saturated heterocycles. The van der Waals surface area contributed by atoms with Gasteiger partial charge in [-0.15, -0.1) is 0 Å². The molecule has 0 heterocycles. The summed E-state index contributed by atoms with van der Waals surface area (Å²) in [5.74, 6) is -0.748. The molecule has 0 atom stereocenters. The summed E-state index contributed by atoms with van der Waals surface area (Å²) in [6, 6.07) is 0. The van der Waals surface area contributed by atoms with Gasteiger partial charge in [-0.2, -0.15) is 0 Å². The predicted molar refractivity (Wildman–Crippen MR) is 67.9 cm³/mol. The van der Waals surface area contributed by atoms with Crippen molar-refractivity contribution >= 4 is 11.9 Å². The van der Waals surface area contributed by atoms with E-state index in [-0.39, 0.29) is 11.9 Å². The molecule has 1 rings (SSSR count). The maximum absolute atomic E-state index is 11.3. The predicted octanol–water partition coefficient (Wildman–Crippen LogP) is 2.54. The number of hydrogen-bond donors (Lipinski definition) is 0. The van der Waals surface area contributed by atoms with E-state index in [1.54, 1.807) is 0 Å². The summed E-state index contributed by atoms with van der Waals surface area (Å²) in [6.07, 6.45) is 8.95. The van der Waals surface area contributed by atoms with Gasteiger partial charge in [-0.05, 0) is 36.8 Å². The van der Waals surface area contributed by atoms with Crippen molar-refractivity contribution in [1.29, 1.82) is 0 Å². The topological polar surface area (TPSA) is 52.6 Å². The van der Waals surface area contributed by atoms with Crippen LogP contribution < -0.4 is 0 Å². The Morgan fingerprint density at radius 3 is 1.56 bits per heavy atom. The summed E-state index contributed by atoms with van der Waals surface area (Å²) in [5.41, 5.74) is 1.79. The third-order valence-corrected chi connectivity index (χ3v) is 3.04. The molecule has 0 N–H and O–H groups in total. The second-order valence-corrected chi connectivity index (χ2v) is 4.30. The van der Waals surface area contributed by atoms with E-state index in [4.69, 9.17) is 0 Å². The monoisotopic (exact) mass is 252 g/mol. The molecule has 0 bridgehead atoms. The molecule has 0 radical (unpaired) electrons. The van der Waals surface area contributed by atoms with Crippen LogP contribution in [0.4, 0.5) is 0 Å². The van der Waals surface area contributed by atoms with Crippen LogP contribution in [0.25, 0.3) is 0 Å². The zero-order valence-electron chi connectivity index (χ0n) is 11.0. The average molecular weight is 252 g/mol. The van der Waals surface area contributed by atoms with Crippen molar-refractivity contribution in [3.63, 3.8) is 0 Å². The summed E-state index contributed by atoms with van der Waals surface area (Å²) in [4.78, 5) is 22.7. The zero-order valence-corrected chi connectivity index (χ0v) is 11.0. The highest BCUT2D eigenvalue weighted by molar-refractivity contribution is 5.86. The molecule has 0 aromatic heterocycles. The largest absolute Gasteiger partial charge is 0.466 e. The van der Waals surface area contributed by atoms with Crippen LogP contribution in [-0.2, 0) is 19.1 Å². The van der Waals surface area contributed by atoms with Crippen LogP contribution in [0.15, 0.2) is 23.3 Å². The molecule has 4 nitrogen and oxygen atoms in total. The van der Waals surface area contributed by atoms with Crippen LogP contribution in [0, 0.1) is 0 Å². The van der Waals surface area contributed by atoms with Crippen LogP contribution in [0.5, 0.6) is 0 Å². The lowest BCUT2D eigenvalue weighted by molar-refractivity contribution is -0.135. The summed E-state index contributed by atoms with van der Waals surface area (Å²) in [7, 11) is 2.71. The fourth-order valence-electron chi connectivity index (χ4n) is 2.04. The molecular weight excluding hydrogens is 232 g/mol. The number of esters is 2. The van der Waals surface area contributed by atoms with E-state index in [0.717, 1.165) is 49.7 Å². The fourth-order valence-corrected chi connectivity index (χ4v) is 2.04. The lowest BCUT2D eigenvalue weighted by atomic mass is 9.91. The van der Waals surface area contributed by atoms with Gasteiger partial charge in [0.15, 0.2) is 0 Å². The second kappa shape index (κ2) is 7.69. The van der Waals surface area contributed by atoms with Gasteiger partial charge in [0.05, 0.1) is 14.2 Å². The van der Waals surface area contributed by atoms with Gasteiger partial charge in [0.2, 0.25) is 0 Å². The van der Waals surface area contributed by atoms with Gasteiger partial charge in [0.1, 0.15) is 0 Å². The van der Waals surface area contributed by atoms with E-state index in [1.807, 2.05) is 0 Å². The Hall–Kier alpha value is -1.58. The van der Waals surface area contributed by atoms with Crippen LogP contribution in [0.1, 0.15) is 38.5 Å². The molecule has 0 aromatic rings. The maximum Gasteiger partial charge on any atom is 0.330 e. The minimum atomic E-state index is -0.374. The second-order valence-electron chi connectivity index (χ2n) is 4.30. The Bertz CT molecular complexity index is 330. The van der Waals surface area contributed by atoms with Crippen LogP contribution in [0.2, 0.25) is 0 Å². The number of ether oxygens (including phenoxy) is 2. The van der Waals surface area contributed by atoms with Crippen LogP contribution in [-0.4, -0.2) is 26.2 Å². The Morgan fingerprint density at radius 1 is 0.833 bits per heavy atom. The lowest BCUT2D eigenvalue weighted by Gasteiger charge is -2.15. The summed E-state index contributed by atoms with van der Waals surface area (Å²) >= 11 is 0. The molecule has 1 aliphatic rings. The molecule has 0 amide bonds. The van der Waals surface area contributed by atoms with Crippen molar-refractivity contribution in [1.82, 2.24) is 0 Å². The van der Waals surface area contributed by atoms with E-state index in [9.17, 15) is 9.59 Å². The van der Waals surface area contributed by atoms with Crippen molar-refractivity contribution in [2.45, 2.75) is 38.5 Å². The van der Waals surface area contributed by atoms with E-state index in [1.165, 1.54) is 26.4 Å². The molecule has 100 valence electrons. The van der Waals surface area contributed by atoms with E-state index in [0.29, 0.717) is 0 Å². The first-order valence-electron chi connectivity index (χ1n) is 6.24. The number of carbonyl (C=O) groups is 2. The van der Waals surface area contributed by atoms with Crippen molar-refractivity contribution in [2.75, 3.05) is 14.2 Å². The third kappa shape index (κ3) is 4.73. The fraction of sp³-hybridized carbons (Fsp3) is 0.571. The van der Waals surface area contributed by atoms with Crippen molar-refractivity contribution < 1.29 is 19.1 Å². The average Bonchev–Trinajstić information content (AvgIpc) is 2.36. The van der Waals surface area contributed by atoms with Gasteiger partial charge in [-0.3, -0.25) is 0 Å². The smallest absolute Gasteiger partial charge is 0.330 e. The zero-order chi connectivity index (χ0) is 13.4. The molecule has 1 saturated carbocycles. The standard InChI is InChI=1S/C14H20O4/c1-17-13(15)9-11-7-5-3-4-6-8-12(11)10-14(16)18-2/h9-10H,3-8H2,1-2H3/b11-9-,12-10-. The van der Waals surface area contributed by atoms with Gasteiger partial charge >= 0.3 is 11.9 Å². The van der Waals surface area contributed by atoms with Gasteiger partial charge in [-0.1, -0.05) is 12.8 Å². The molecule has 1 fully saturated rings. The van der Waals surface area contributed by atoms with E-state index in [2.05, 4.69) is 9.47 Å². The Morgan fingerprint density at radius 2 is 1.22 bits per heavy atom. The van der Waals surface area contributed by atoms with Gasteiger partial charge < -0.3 is 9.47 Å². The van der Waals surface area contributed by atoms with E-state index >= 15 is 0 Å². The molecule has 0 unspecified atom stereocenters. The van der Waals surface area contributed by atoms with Gasteiger partial charge in [0.25, 0.3) is 0 Å². The Balaban J connectivity index is 2.95. The van der Waals surface area contributed by atoms with Crippen molar-refractivity contribution in [2.24, 2.45) is 0 Å². The van der Waals surface area contributed by atoms with Gasteiger partial charge in [-0.25, -0.2) is 9.59 Å². The maximum atomic E-state index is 11.3. The van der Waals surface area contributed by atoms with Crippen LogP contribution in [0.3, 0.4) is 0 Å². The third-order valence-electron chi connectivity index (χ3n) is 3.04. The Labute approximate surface area is 108 Å². The molecule has 4 heteroatoms. The Kier molecular flexibility index (Phi) is 6.19. The number of rotatable bonds is 2. The highest BCUT2D eigenvalue weighted by Crippen LogP contribution is 2.26. The summed E-state index contributed by atoms with van der Waals surface area (Å²) < 4.78 is 9.29. The highest BCUT2D eigenvalue weighted by atomic mass is 16.5. The normalized spacial score (nSPS) is 21.2. The minimum Gasteiger partial charge on any atom is -0.466 e. The first-order valence-corrected chi connectivity index (χ1v) is 6.24. The highest BCUT2D eigenvalue weighted by Gasteiger charge is 2.13. The van der Waals surface area contributed by atoms with E-state index < -0.39 is 0 Å². The van der Waals surface area contributed by atoms with Crippen molar-refractivity contribution in [3.05, 3.63) is 23.3 Å². The SMILES string of the molecule is COC(=O)/C=C1/CCCCCC/C1=C/C(=O)OC. The molecule has 0 aromatic carbocycles. The number of carbonyl (C=O) groups excluding carboxylic acids is 2. The quantitative estimate of drug-likeness (QED) is 0.560. The minimum absolute atomic E-state index is 0.374. The van der Waals surface area contributed by atoms with Crippen molar-refractivity contribution in [3.8, 4) is 0 Å². The number of allylic oxidation sites excluding steroid dienone is 2. The number of methoxy groups -OCH3 is 2. The molecule has 0 spiro atoms. The van der Waals surface area contributed by atoms with Gasteiger partial charge in [0, 0.05) is 12.2 Å². The molecule has 0 aliphatic heterocycles. The molecular formula is C14H20O4. The molecule has 1 aliphatic carbocycles. The first-order chi connectivity index (χ1) is 8.67. The first kappa shape index (κ1) is 14.5.